The second kappa shape index (κ2) is 10.6. The van der Waals surface area contributed by atoms with Gasteiger partial charge in [0.1, 0.15) is 17.4 Å². The molecule has 2 amide bonds. The van der Waals surface area contributed by atoms with Crippen LogP contribution < -0.4 is 15.4 Å². The molecule has 3 rings (SSSR count). The van der Waals surface area contributed by atoms with Gasteiger partial charge >= 0.3 is 0 Å². The minimum atomic E-state index is -0.509. The number of methoxy groups -OCH3 is 1. The number of hydrogen-bond donors (Lipinski definition) is 2. The number of nitrogens with one attached hydrogen (secondary N) is 2. The molecule has 0 saturated carbocycles. The number of hydrogen-bond acceptors (Lipinski definition) is 6. The lowest BCUT2D eigenvalue weighted by atomic mass is 10.3. The molecule has 0 spiro atoms. The van der Waals surface area contributed by atoms with E-state index in [0.717, 1.165) is 0 Å². The average molecular weight is 444 g/mol. The van der Waals surface area contributed by atoms with E-state index in [9.17, 15) is 14.0 Å². The van der Waals surface area contributed by atoms with Crippen LogP contribution in [0.4, 0.5) is 15.8 Å². The fraction of sp³-hybridized carbons (Fsp3) is 0.238. The van der Waals surface area contributed by atoms with Crippen LogP contribution in [0.2, 0.25) is 0 Å². The van der Waals surface area contributed by atoms with E-state index in [-0.39, 0.29) is 23.8 Å². The first kappa shape index (κ1) is 22.3. The van der Waals surface area contributed by atoms with Gasteiger partial charge in [0.05, 0.1) is 30.7 Å². The third kappa shape index (κ3) is 5.82. The van der Waals surface area contributed by atoms with E-state index in [2.05, 4.69) is 20.8 Å². The maximum absolute atomic E-state index is 13.7. The van der Waals surface area contributed by atoms with E-state index in [1.165, 1.54) is 31.0 Å². The van der Waals surface area contributed by atoms with Gasteiger partial charge in [-0.05, 0) is 31.2 Å². The summed E-state index contributed by atoms with van der Waals surface area (Å²) in [6, 6.07) is 13.1. The number of halogens is 1. The van der Waals surface area contributed by atoms with Crippen LogP contribution in [0.5, 0.6) is 5.75 Å². The van der Waals surface area contributed by atoms with Crippen molar-refractivity contribution in [2.24, 2.45) is 0 Å². The molecule has 0 bridgehead atoms. The molecule has 0 radical (unpaired) electrons. The summed E-state index contributed by atoms with van der Waals surface area (Å²) >= 11 is 1.21. The highest BCUT2D eigenvalue weighted by molar-refractivity contribution is 7.99. The average Bonchev–Trinajstić information content (AvgIpc) is 3.15. The third-order valence-corrected chi connectivity index (χ3v) is 5.26. The Morgan fingerprint density at radius 3 is 2.42 bits per heavy atom. The molecule has 0 aliphatic heterocycles. The van der Waals surface area contributed by atoms with E-state index in [1.54, 1.807) is 34.9 Å². The molecular weight excluding hydrogens is 421 g/mol. The van der Waals surface area contributed by atoms with Crippen molar-refractivity contribution in [3.63, 3.8) is 0 Å². The Labute approximate surface area is 183 Å². The minimum absolute atomic E-state index is 0.0663. The summed E-state index contributed by atoms with van der Waals surface area (Å²) in [5, 5.41) is 14.0. The molecule has 3 aromatic rings. The minimum Gasteiger partial charge on any atom is -0.495 e. The van der Waals surface area contributed by atoms with Crippen molar-refractivity contribution in [3.05, 3.63) is 60.2 Å². The molecule has 2 aromatic carbocycles. The van der Waals surface area contributed by atoms with Crippen molar-refractivity contribution in [1.29, 1.82) is 0 Å². The lowest BCUT2D eigenvalue weighted by Crippen LogP contribution is -2.18. The lowest BCUT2D eigenvalue weighted by molar-refractivity contribution is -0.116. The Morgan fingerprint density at radius 2 is 1.71 bits per heavy atom. The standard InChI is InChI=1S/C21H22FN5O3S/c1-3-27-18(12-19(28)23-15-9-5-4-8-14(15)22)25-26-21(27)31-13-20(29)24-16-10-6-7-11-17(16)30-2/h4-11H,3,12-13H2,1-2H3,(H,23,28)(H,24,29). The summed E-state index contributed by atoms with van der Waals surface area (Å²) in [6.45, 7) is 2.41. The zero-order valence-corrected chi connectivity index (χ0v) is 17.9. The number of ether oxygens (including phenoxy) is 1. The number of amides is 2. The van der Waals surface area contributed by atoms with Crippen molar-refractivity contribution >= 4 is 35.0 Å². The molecule has 31 heavy (non-hydrogen) atoms. The van der Waals surface area contributed by atoms with Gasteiger partial charge in [-0.25, -0.2) is 4.39 Å². The predicted octanol–water partition coefficient (Wildman–Crippen LogP) is 3.36. The highest BCUT2D eigenvalue weighted by atomic mass is 32.2. The first-order chi connectivity index (χ1) is 15.0. The Balaban J connectivity index is 1.60. The Bertz CT molecular complexity index is 1070. The van der Waals surface area contributed by atoms with Crippen molar-refractivity contribution < 1.29 is 18.7 Å². The number of para-hydroxylation sites is 3. The Kier molecular flexibility index (Phi) is 7.60. The fourth-order valence-corrected chi connectivity index (χ4v) is 3.66. The van der Waals surface area contributed by atoms with Crippen LogP contribution in [0.15, 0.2) is 53.7 Å². The number of nitrogens with zero attached hydrogens (tertiary/aromatic N) is 3. The fourth-order valence-electron chi connectivity index (χ4n) is 2.84. The summed E-state index contributed by atoms with van der Waals surface area (Å²) in [5.74, 6) is -0.0242. The molecule has 1 heterocycles. The lowest BCUT2D eigenvalue weighted by Gasteiger charge is -2.10. The second-order valence-corrected chi connectivity index (χ2v) is 7.33. The number of carbonyl (C=O) groups is 2. The molecule has 162 valence electrons. The molecule has 0 saturated heterocycles. The molecule has 0 fully saturated rings. The number of anilines is 2. The van der Waals surface area contributed by atoms with Gasteiger partial charge in [-0.15, -0.1) is 10.2 Å². The first-order valence-electron chi connectivity index (χ1n) is 9.54. The van der Waals surface area contributed by atoms with Crippen LogP contribution in [0, 0.1) is 5.82 Å². The van der Waals surface area contributed by atoms with Crippen LogP contribution in [-0.4, -0.2) is 39.4 Å². The van der Waals surface area contributed by atoms with E-state index in [4.69, 9.17) is 4.74 Å². The molecule has 2 N–H and O–H groups in total. The summed E-state index contributed by atoms with van der Waals surface area (Å²) in [7, 11) is 1.54. The predicted molar refractivity (Wildman–Crippen MR) is 117 cm³/mol. The van der Waals surface area contributed by atoms with Crippen LogP contribution in [0.1, 0.15) is 12.7 Å². The number of aromatic nitrogens is 3. The molecular formula is C21H22FN5O3S. The zero-order chi connectivity index (χ0) is 22.2. The third-order valence-electron chi connectivity index (χ3n) is 4.29. The Morgan fingerprint density at radius 1 is 1.03 bits per heavy atom. The van der Waals surface area contributed by atoms with Gasteiger partial charge in [0, 0.05) is 6.54 Å². The number of carbonyl (C=O) groups excluding carboxylic acids is 2. The van der Waals surface area contributed by atoms with E-state index >= 15 is 0 Å². The summed E-state index contributed by atoms with van der Waals surface area (Å²) in [6.07, 6.45) is -0.0663. The highest BCUT2D eigenvalue weighted by Crippen LogP contribution is 2.24. The van der Waals surface area contributed by atoms with Crippen LogP contribution in [0.25, 0.3) is 0 Å². The SMILES string of the molecule is CCn1c(CC(=O)Nc2ccccc2F)nnc1SCC(=O)Nc1ccccc1OC. The first-order valence-corrected chi connectivity index (χ1v) is 10.5. The normalized spacial score (nSPS) is 10.5. The topological polar surface area (TPSA) is 98.1 Å². The summed E-state index contributed by atoms with van der Waals surface area (Å²) in [4.78, 5) is 24.6. The molecule has 10 heteroatoms. The van der Waals surface area contributed by atoms with Crippen molar-refractivity contribution in [2.45, 2.75) is 25.0 Å². The molecule has 0 unspecified atom stereocenters. The maximum Gasteiger partial charge on any atom is 0.234 e. The van der Waals surface area contributed by atoms with Gasteiger partial charge in [-0.2, -0.15) is 0 Å². The zero-order valence-electron chi connectivity index (χ0n) is 17.1. The highest BCUT2D eigenvalue weighted by Gasteiger charge is 2.17. The van der Waals surface area contributed by atoms with Gasteiger partial charge in [0.25, 0.3) is 0 Å². The van der Waals surface area contributed by atoms with E-state index in [0.29, 0.717) is 29.0 Å². The van der Waals surface area contributed by atoms with Crippen LogP contribution in [0.3, 0.4) is 0 Å². The number of thioether (sulfide) groups is 1. The van der Waals surface area contributed by atoms with Gasteiger partial charge in [-0.1, -0.05) is 36.0 Å². The molecule has 0 atom stereocenters. The van der Waals surface area contributed by atoms with Gasteiger partial charge < -0.3 is 19.9 Å². The summed E-state index contributed by atoms with van der Waals surface area (Å²) < 4.78 is 20.7. The van der Waals surface area contributed by atoms with Gasteiger partial charge in [0.2, 0.25) is 11.8 Å². The second-order valence-electron chi connectivity index (χ2n) is 6.38. The van der Waals surface area contributed by atoms with Crippen molar-refractivity contribution in [1.82, 2.24) is 14.8 Å². The maximum atomic E-state index is 13.7. The van der Waals surface area contributed by atoms with Gasteiger partial charge in [-0.3, -0.25) is 9.59 Å². The van der Waals surface area contributed by atoms with Crippen molar-refractivity contribution in [3.8, 4) is 5.75 Å². The monoisotopic (exact) mass is 443 g/mol. The Hall–Kier alpha value is -3.40. The number of rotatable bonds is 9. The molecule has 8 nitrogen and oxygen atoms in total. The van der Waals surface area contributed by atoms with E-state index < -0.39 is 11.7 Å². The van der Waals surface area contributed by atoms with Crippen LogP contribution >= 0.6 is 11.8 Å². The number of benzene rings is 2. The molecule has 1 aromatic heterocycles. The molecule has 0 aliphatic carbocycles. The largest absolute Gasteiger partial charge is 0.495 e. The van der Waals surface area contributed by atoms with Crippen LogP contribution in [-0.2, 0) is 22.6 Å². The van der Waals surface area contributed by atoms with Gasteiger partial charge in [0.15, 0.2) is 5.16 Å². The quantitative estimate of drug-likeness (QED) is 0.492. The molecule has 0 aliphatic rings. The van der Waals surface area contributed by atoms with E-state index in [1.807, 2.05) is 13.0 Å². The smallest absolute Gasteiger partial charge is 0.234 e. The van der Waals surface area contributed by atoms with Crippen molar-refractivity contribution in [2.75, 3.05) is 23.5 Å². The summed E-state index contributed by atoms with van der Waals surface area (Å²) in [5.41, 5.74) is 0.690.